The highest BCUT2D eigenvalue weighted by Crippen LogP contribution is 2.40. The van der Waals surface area contributed by atoms with Crippen LogP contribution in [-0.2, 0) is 28.9 Å². The first-order chi connectivity index (χ1) is 13.0. The first kappa shape index (κ1) is 18.2. The van der Waals surface area contributed by atoms with E-state index in [0.29, 0.717) is 24.7 Å². The fraction of sp³-hybridized carbons (Fsp3) is 0.579. The molecule has 1 aliphatic heterocycles. The maximum atomic E-state index is 12.9. The van der Waals surface area contributed by atoms with Crippen LogP contribution in [0.25, 0.3) is 11.5 Å². The minimum atomic E-state index is -0.921. The molecule has 0 unspecified atom stereocenters. The lowest BCUT2D eigenvalue weighted by atomic mass is 10.0. The second-order valence-corrected chi connectivity index (χ2v) is 8.46. The van der Waals surface area contributed by atoms with Gasteiger partial charge in [-0.05, 0) is 51.0 Å². The fourth-order valence-electron chi connectivity index (χ4n) is 4.13. The number of carbonyl (C=O) groups is 2. The molecule has 8 heteroatoms. The lowest BCUT2D eigenvalue weighted by molar-refractivity contribution is -0.147. The van der Waals surface area contributed by atoms with Crippen LogP contribution in [-0.4, -0.2) is 44.6 Å². The van der Waals surface area contributed by atoms with E-state index in [4.69, 9.17) is 4.52 Å². The molecule has 1 aliphatic carbocycles. The Balaban J connectivity index is 1.68. The van der Waals surface area contributed by atoms with Gasteiger partial charge in [0.2, 0.25) is 5.91 Å². The molecule has 0 spiro atoms. The van der Waals surface area contributed by atoms with Gasteiger partial charge < -0.3 is 14.5 Å². The molecule has 1 atom stereocenters. The Labute approximate surface area is 161 Å². The number of aromatic nitrogens is 2. The molecule has 0 aromatic carbocycles. The third-order valence-electron chi connectivity index (χ3n) is 5.41. The van der Waals surface area contributed by atoms with E-state index in [1.807, 2.05) is 0 Å². The fourth-order valence-corrected chi connectivity index (χ4v) is 5.51. The maximum Gasteiger partial charge on any atom is 0.326 e. The molecule has 3 heterocycles. The van der Waals surface area contributed by atoms with Crippen molar-refractivity contribution >= 4 is 23.2 Å². The first-order valence-electron chi connectivity index (χ1n) is 9.51. The van der Waals surface area contributed by atoms with E-state index in [0.717, 1.165) is 42.5 Å². The predicted octanol–water partition coefficient (Wildman–Crippen LogP) is 2.99. The molecule has 0 radical (unpaired) electrons. The number of aryl methyl sites for hydroxylation is 2. The SMILES string of the molecule is Cc1noc(-c2c(CC(=O)N3CCC[C@@H]3C(=O)O)sc3c2CCCCC3)n1. The van der Waals surface area contributed by atoms with E-state index in [-0.39, 0.29) is 12.3 Å². The monoisotopic (exact) mass is 389 g/mol. The van der Waals surface area contributed by atoms with Crippen molar-refractivity contribution in [1.29, 1.82) is 0 Å². The highest BCUT2D eigenvalue weighted by atomic mass is 32.1. The summed E-state index contributed by atoms with van der Waals surface area (Å²) in [6.45, 7) is 2.29. The molecule has 0 bridgehead atoms. The number of rotatable bonds is 4. The molecule has 1 fully saturated rings. The number of amides is 1. The van der Waals surface area contributed by atoms with E-state index >= 15 is 0 Å². The van der Waals surface area contributed by atoms with Gasteiger partial charge in [0, 0.05) is 16.3 Å². The van der Waals surface area contributed by atoms with E-state index in [1.165, 1.54) is 21.8 Å². The highest BCUT2D eigenvalue weighted by molar-refractivity contribution is 7.12. The number of aliphatic carboxylic acids is 1. The number of thiophene rings is 1. The van der Waals surface area contributed by atoms with E-state index < -0.39 is 12.0 Å². The molecule has 7 nitrogen and oxygen atoms in total. The summed E-state index contributed by atoms with van der Waals surface area (Å²) in [5, 5.41) is 13.3. The van der Waals surface area contributed by atoms with Gasteiger partial charge in [0.15, 0.2) is 5.82 Å². The number of hydrogen-bond donors (Lipinski definition) is 1. The zero-order chi connectivity index (χ0) is 19.0. The second kappa shape index (κ2) is 7.42. The molecule has 2 aliphatic rings. The molecular formula is C19H23N3O4S. The Kier molecular flexibility index (Phi) is 4.99. The third kappa shape index (κ3) is 3.50. The Morgan fingerprint density at radius 1 is 1.26 bits per heavy atom. The average molecular weight is 389 g/mol. The summed E-state index contributed by atoms with van der Waals surface area (Å²) >= 11 is 1.65. The number of nitrogens with zero attached hydrogens (tertiary/aromatic N) is 3. The van der Waals surface area contributed by atoms with Crippen LogP contribution in [0.1, 0.15) is 53.2 Å². The van der Waals surface area contributed by atoms with Crippen molar-refractivity contribution in [3.05, 3.63) is 21.1 Å². The Morgan fingerprint density at radius 2 is 2.07 bits per heavy atom. The molecule has 1 amide bonds. The highest BCUT2D eigenvalue weighted by Gasteiger charge is 2.35. The quantitative estimate of drug-likeness (QED) is 0.808. The Morgan fingerprint density at radius 3 is 2.81 bits per heavy atom. The van der Waals surface area contributed by atoms with Gasteiger partial charge in [0.05, 0.1) is 12.0 Å². The van der Waals surface area contributed by atoms with Crippen LogP contribution in [0, 0.1) is 6.92 Å². The van der Waals surface area contributed by atoms with Gasteiger partial charge in [-0.25, -0.2) is 4.79 Å². The zero-order valence-corrected chi connectivity index (χ0v) is 16.2. The smallest absolute Gasteiger partial charge is 0.326 e. The lowest BCUT2D eigenvalue weighted by Crippen LogP contribution is -2.41. The predicted molar refractivity (Wildman–Crippen MR) is 99.7 cm³/mol. The molecule has 1 saturated heterocycles. The minimum Gasteiger partial charge on any atom is -0.480 e. The molecule has 0 saturated carbocycles. The van der Waals surface area contributed by atoms with Crippen LogP contribution in [0.3, 0.4) is 0 Å². The maximum absolute atomic E-state index is 12.9. The van der Waals surface area contributed by atoms with Gasteiger partial charge in [-0.15, -0.1) is 11.3 Å². The lowest BCUT2D eigenvalue weighted by Gasteiger charge is -2.21. The zero-order valence-electron chi connectivity index (χ0n) is 15.4. The molecule has 4 rings (SSSR count). The molecule has 144 valence electrons. The second-order valence-electron chi connectivity index (χ2n) is 7.27. The standard InChI is InChI=1S/C19H23N3O4S/c1-11-20-18(26-21-11)17-12-6-3-2-4-8-14(12)27-15(17)10-16(23)22-9-5-7-13(22)19(24)25/h13H,2-10H2,1H3,(H,24,25)/t13-/m1/s1. The van der Waals surface area contributed by atoms with Crippen LogP contribution in [0.4, 0.5) is 0 Å². The summed E-state index contributed by atoms with van der Waals surface area (Å²) in [5.41, 5.74) is 2.15. The van der Waals surface area contributed by atoms with E-state index in [1.54, 1.807) is 18.3 Å². The van der Waals surface area contributed by atoms with Crippen LogP contribution in [0.15, 0.2) is 4.52 Å². The number of carbonyl (C=O) groups excluding carboxylic acids is 1. The van der Waals surface area contributed by atoms with Crippen molar-refractivity contribution in [3.8, 4) is 11.5 Å². The van der Waals surface area contributed by atoms with Gasteiger partial charge in [0.25, 0.3) is 5.89 Å². The van der Waals surface area contributed by atoms with Crippen molar-refractivity contribution in [2.24, 2.45) is 0 Å². The number of hydrogen-bond acceptors (Lipinski definition) is 6. The van der Waals surface area contributed by atoms with Crippen LogP contribution >= 0.6 is 11.3 Å². The van der Waals surface area contributed by atoms with Gasteiger partial charge in [-0.1, -0.05) is 11.6 Å². The summed E-state index contributed by atoms with van der Waals surface area (Å²) in [6, 6.07) is -0.704. The third-order valence-corrected chi connectivity index (χ3v) is 6.70. The average Bonchev–Trinajstić information content (AvgIpc) is 3.31. The van der Waals surface area contributed by atoms with E-state index in [2.05, 4.69) is 10.1 Å². The molecule has 2 aromatic heterocycles. The van der Waals surface area contributed by atoms with Crippen molar-refractivity contribution in [1.82, 2.24) is 15.0 Å². The van der Waals surface area contributed by atoms with Gasteiger partial charge in [0.1, 0.15) is 6.04 Å². The van der Waals surface area contributed by atoms with Crippen molar-refractivity contribution in [2.75, 3.05) is 6.54 Å². The Hall–Kier alpha value is -2.22. The summed E-state index contributed by atoms with van der Waals surface area (Å²) < 4.78 is 5.45. The Bertz CT molecular complexity index is 872. The normalized spacial score (nSPS) is 19.7. The van der Waals surface area contributed by atoms with Crippen LogP contribution in [0.2, 0.25) is 0 Å². The minimum absolute atomic E-state index is 0.131. The number of carboxylic acid groups (broad SMARTS) is 1. The summed E-state index contributed by atoms with van der Waals surface area (Å²) in [7, 11) is 0. The van der Waals surface area contributed by atoms with Crippen molar-refractivity contribution in [3.63, 3.8) is 0 Å². The number of fused-ring (bicyclic) bond motifs is 1. The van der Waals surface area contributed by atoms with Crippen molar-refractivity contribution in [2.45, 2.75) is 64.3 Å². The van der Waals surface area contributed by atoms with Gasteiger partial charge in [-0.2, -0.15) is 4.98 Å². The molecule has 27 heavy (non-hydrogen) atoms. The summed E-state index contributed by atoms with van der Waals surface area (Å²) in [5.74, 6) is -0.00315. The largest absolute Gasteiger partial charge is 0.480 e. The van der Waals surface area contributed by atoms with Gasteiger partial charge >= 0.3 is 5.97 Å². The van der Waals surface area contributed by atoms with E-state index in [9.17, 15) is 14.7 Å². The van der Waals surface area contributed by atoms with Crippen molar-refractivity contribution < 1.29 is 19.2 Å². The van der Waals surface area contributed by atoms with Gasteiger partial charge in [-0.3, -0.25) is 4.79 Å². The first-order valence-corrected chi connectivity index (χ1v) is 10.3. The molecular weight excluding hydrogens is 366 g/mol. The van der Waals surface area contributed by atoms with Crippen LogP contribution < -0.4 is 0 Å². The summed E-state index contributed by atoms with van der Waals surface area (Å²) in [4.78, 5) is 32.5. The number of carboxylic acids is 1. The summed E-state index contributed by atoms with van der Waals surface area (Å²) in [6.07, 6.45) is 6.89. The molecule has 1 N–H and O–H groups in total. The topological polar surface area (TPSA) is 96.5 Å². The number of likely N-dealkylation sites (tertiary alicyclic amines) is 1. The van der Waals surface area contributed by atoms with Crippen LogP contribution in [0.5, 0.6) is 0 Å². The molecule has 2 aromatic rings.